The molecule has 0 amide bonds. The van der Waals surface area contributed by atoms with Crippen LogP contribution in [0.5, 0.6) is 0 Å². The molecule has 0 fully saturated rings. The van der Waals surface area contributed by atoms with Crippen molar-refractivity contribution in [3.8, 4) is 0 Å². The quantitative estimate of drug-likeness (QED) is 0.695. The second-order valence-corrected chi connectivity index (χ2v) is 5.64. The molecule has 0 saturated heterocycles. The van der Waals surface area contributed by atoms with Gasteiger partial charge < -0.3 is 0 Å². The molecule has 2 aromatic carbocycles. The molecule has 2 rings (SSSR count). The Bertz CT molecular complexity index is 667. The van der Waals surface area contributed by atoms with Gasteiger partial charge in [-0.05, 0) is 55.3 Å². The van der Waals surface area contributed by atoms with E-state index in [9.17, 15) is 9.18 Å². The molecule has 0 atom stereocenters. The molecular weight excluding hydrogens is 331 g/mol. The van der Waals surface area contributed by atoms with Crippen LogP contribution in [0.25, 0.3) is 0 Å². The molecule has 0 aliphatic carbocycles. The lowest BCUT2D eigenvalue weighted by Crippen LogP contribution is -2.05. The van der Waals surface area contributed by atoms with Crippen molar-refractivity contribution < 1.29 is 9.18 Å². The molecule has 0 heterocycles. The smallest absolute Gasteiger partial charge is 0.193 e. The van der Waals surface area contributed by atoms with E-state index in [-0.39, 0.29) is 10.8 Å². The number of ketones is 1. The van der Waals surface area contributed by atoms with Crippen LogP contribution < -0.4 is 0 Å². The lowest BCUT2D eigenvalue weighted by atomic mass is 9.97. The first-order valence-electron chi connectivity index (χ1n) is 5.66. The summed E-state index contributed by atoms with van der Waals surface area (Å²) in [4.78, 5) is 12.4. The Labute approximate surface area is 124 Å². The standard InChI is InChI=1S/C15H11BrClFO/c1-8-6-12(16)9(2)5-11(8)15(19)10-3-4-14(18)13(17)7-10/h3-7H,1-2H3. The fourth-order valence-corrected chi connectivity index (χ4v) is 2.46. The molecule has 0 spiro atoms. The van der Waals surface area contributed by atoms with E-state index in [1.54, 1.807) is 0 Å². The summed E-state index contributed by atoms with van der Waals surface area (Å²) in [6.07, 6.45) is 0. The molecule has 0 N–H and O–H groups in total. The van der Waals surface area contributed by atoms with E-state index in [4.69, 9.17) is 11.6 Å². The van der Waals surface area contributed by atoms with Gasteiger partial charge in [-0.1, -0.05) is 27.5 Å². The highest BCUT2D eigenvalue weighted by Crippen LogP contribution is 2.24. The summed E-state index contributed by atoms with van der Waals surface area (Å²) in [5.41, 5.74) is 2.82. The number of rotatable bonds is 2. The van der Waals surface area contributed by atoms with Crippen LogP contribution in [0, 0.1) is 19.7 Å². The topological polar surface area (TPSA) is 17.1 Å². The van der Waals surface area contributed by atoms with Gasteiger partial charge in [0.2, 0.25) is 0 Å². The van der Waals surface area contributed by atoms with Crippen molar-refractivity contribution in [3.05, 3.63) is 67.9 Å². The molecule has 19 heavy (non-hydrogen) atoms. The van der Waals surface area contributed by atoms with Gasteiger partial charge >= 0.3 is 0 Å². The molecule has 2 aromatic rings. The molecule has 0 aliphatic rings. The monoisotopic (exact) mass is 340 g/mol. The summed E-state index contributed by atoms with van der Waals surface area (Å²) >= 11 is 9.13. The first-order chi connectivity index (χ1) is 8.90. The minimum Gasteiger partial charge on any atom is -0.289 e. The highest BCUT2D eigenvalue weighted by molar-refractivity contribution is 9.10. The average molecular weight is 342 g/mol. The van der Waals surface area contributed by atoms with Crippen LogP contribution in [0.4, 0.5) is 4.39 Å². The minimum absolute atomic E-state index is 0.0441. The van der Waals surface area contributed by atoms with Crippen molar-refractivity contribution in [2.24, 2.45) is 0 Å². The number of hydrogen-bond donors (Lipinski definition) is 0. The summed E-state index contributed by atoms with van der Waals surface area (Å²) in [6.45, 7) is 3.78. The molecule has 4 heteroatoms. The number of halogens is 3. The van der Waals surface area contributed by atoms with E-state index < -0.39 is 5.82 Å². The number of carbonyl (C=O) groups excluding carboxylic acids is 1. The van der Waals surface area contributed by atoms with Crippen LogP contribution in [0.1, 0.15) is 27.0 Å². The second-order valence-electron chi connectivity index (χ2n) is 4.37. The molecule has 0 aliphatic heterocycles. The third-order valence-electron chi connectivity index (χ3n) is 2.93. The van der Waals surface area contributed by atoms with Gasteiger partial charge in [0.05, 0.1) is 5.02 Å². The lowest BCUT2D eigenvalue weighted by Gasteiger charge is -2.08. The highest BCUT2D eigenvalue weighted by Gasteiger charge is 2.14. The van der Waals surface area contributed by atoms with Gasteiger partial charge in [-0.15, -0.1) is 0 Å². The van der Waals surface area contributed by atoms with E-state index in [1.807, 2.05) is 26.0 Å². The predicted molar refractivity (Wildman–Crippen MR) is 78.5 cm³/mol. The Kier molecular flexibility index (Phi) is 4.07. The molecule has 0 bridgehead atoms. The van der Waals surface area contributed by atoms with Crippen LogP contribution in [0.15, 0.2) is 34.8 Å². The van der Waals surface area contributed by atoms with E-state index >= 15 is 0 Å². The Morgan fingerprint density at radius 3 is 2.47 bits per heavy atom. The first kappa shape index (κ1) is 14.2. The zero-order chi connectivity index (χ0) is 14.2. The van der Waals surface area contributed by atoms with Gasteiger partial charge in [-0.2, -0.15) is 0 Å². The maximum atomic E-state index is 13.1. The second kappa shape index (κ2) is 5.43. The predicted octanol–water partition coefficient (Wildman–Crippen LogP) is 5.09. The van der Waals surface area contributed by atoms with Crippen LogP contribution >= 0.6 is 27.5 Å². The third kappa shape index (κ3) is 2.88. The molecular formula is C15H11BrClFO. The van der Waals surface area contributed by atoms with Crippen molar-refractivity contribution in [2.75, 3.05) is 0 Å². The Morgan fingerprint density at radius 2 is 1.84 bits per heavy atom. The van der Waals surface area contributed by atoms with Crippen molar-refractivity contribution in [2.45, 2.75) is 13.8 Å². The third-order valence-corrected chi connectivity index (χ3v) is 4.08. The van der Waals surface area contributed by atoms with Crippen molar-refractivity contribution >= 4 is 33.3 Å². The molecule has 98 valence electrons. The van der Waals surface area contributed by atoms with E-state index in [0.29, 0.717) is 11.1 Å². The van der Waals surface area contributed by atoms with Gasteiger partial charge in [-0.25, -0.2) is 4.39 Å². The summed E-state index contributed by atoms with van der Waals surface area (Å²) in [5, 5.41) is -0.0441. The fraction of sp³-hybridized carbons (Fsp3) is 0.133. The van der Waals surface area contributed by atoms with Crippen molar-refractivity contribution in [3.63, 3.8) is 0 Å². The highest BCUT2D eigenvalue weighted by atomic mass is 79.9. The summed E-state index contributed by atoms with van der Waals surface area (Å²) in [7, 11) is 0. The molecule has 0 radical (unpaired) electrons. The van der Waals surface area contributed by atoms with E-state index in [1.165, 1.54) is 18.2 Å². The van der Waals surface area contributed by atoms with Gasteiger partial charge in [0.1, 0.15) is 5.82 Å². The van der Waals surface area contributed by atoms with E-state index in [2.05, 4.69) is 15.9 Å². The zero-order valence-corrected chi connectivity index (χ0v) is 12.8. The van der Waals surface area contributed by atoms with Crippen molar-refractivity contribution in [1.29, 1.82) is 0 Å². The van der Waals surface area contributed by atoms with Crippen LogP contribution in [-0.4, -0.2) is 5.78 Å². The van der Waals surface area contributed by atoms with E-state index in [0.717, 1.165) is 15.6 Å². The number of carbonyl (C=O) groups is 1. The normalized spacial score (nSPS) is 10.6. The Balaban J connectivity index is 2.49. The van der Waals surface area contributed by atoms with Crippen LogP contribution in [0.3, 0.4) is 0 Å². The van der Waals surface area contributed by atoms with Gasteiger partial charge in [0.25, 0.3) is 0 Å². The van der Waals surface area contributed by atoms with Gasteiger partial charge in [0.15, 0.2) is 5.78 Å². The summed E-state index contributed by atoms with van der Waals surface area (Å²) < 4.78 is 14.1. The fourth-order valence-electron chi connectivity index (χ4n) is 1.82. The lowest BCUT2D eigenvalue weighted by molar-refractivity contribution is 0.103. The zero-order valence-electron chi connectivity index (χ0n) is 10.4. The Morgan fingerprint density at radius 1 is 1.16 bits per heavy atom. The maximum absolute atomic E-state index is 13.1. The number of hydrogen-bond acceptors (Lipinski definition) is 1. The minimum atomic E-state index is -0.526. The summed E-state index contributed by atoms with van der Waals surface area (Å²) in [5.74, 6) is -0.683. The Hall–Kier alpha value is -1.19. The molecule has 0 unspecified atom stereocenters. The summed E-state index contributed by atoms with van der Waals surface area (Å²) in [6, 6.07) is 7.72. The number of aryl methyl sites for hydroxylation is 2. The van der Waals surface area contributed by atoms with Crippen LogP contribution in [0.2, 0.25) is 5.02 Å². The first-order valence-corrected chi connectivity index (χ1v) is 6.83. The molecule has 0 saturated carbocycles. The molecule has 0 aromatic heterocycles. The van der Waals surface area contributed by atoms with Crippen LogP contribution in [-0.2, 0) is 0 Å². The average Bonchev–Trinajstić information content (AvgIpc) is 2.36. The maximum Gasteiger partial charge on any atom is 0.193 e. The van der Waals surface area contributed by atoms with Crippen molar-refractivity contribution in [1.82, 2.24) is 0 Å². The largest absolute Gasteiger partial charge is 0.289 e. The van der Waals surface area contributed by atoms with Gasteiger partial charge in [0, 0.05) is 15.6 Å². The van der Waals surface area contributed by atoms with Gasteiger partial charge in [-0.3, -0.25) is 4.79 Å². The number of benzene rings is 2. The SMILES string of the molecule is Cc1cc(C(=O)c2ccc(F)c(Cl)c2)c(C)cc1Br. The molecule has 1 nitrogen and oxygen atoms in total.